The van der Waals surface area contributed by atoms with E-state index in [0.29, 0.717) is 11.3 Å². The minimum atomic E-state index is -3.21. The van der Waals surface area contributed by atoms with Gasteiger partial charge in [-0.05, 0) is 48.4 Å². The Kier molecular flexibility index (Phi) is 6.55. The van der Waals surface area contributed by atoms with Crippen molar-refractivity contribution in [3.05, 3.63) is 63.6 Å². The second kappa shape index (κ2) is 8.46. The Labute approximate surface area is 160 Å². The number of aryl methyl sites for hydroxylation is 1. The number of carbonyl (C=O) groups is 2. The van der Waals surface area contributed by atoms with Gasteiger partial charge in [0.1, 0.15) is 0 Å². The van der Waals surface area contributed by atoms with Crippen LogP contribution >= 0.6 is 15.9 Å². The van der Waals surface area contributed by atoms with Crippen molar-refractivity contribution in [2.75, 3.05) is 18.2 Å². The Morgan fingerprint density at radius 2 is 1.88 bits per heavy atom. The van der Waals surface area contributed by atoms with E-state index in [1.807, 2.05) is 13.0 Å². The summed E-state index contributed by atoms with van der Waals surface area (Å²) >= 11 is 3.38. The van der Waals surface area contributed by atoms with Crippen molar-refractivity contribution in [1.29, 1.82) is 0 Å². The predicted octanol–water partition coefficient (Wildman–Crippen LogP) is 3.10. The van der Waals surface area contributed by atoms with Crippen molar-refractivity contribution in [2.24, 2.45) is 0 Å². The van der Waals surface area contributed by atoms with Crippen LogP contribution in [0.1, 0.15) is 21.5 Å². The van der Waals surface area contributed by atoms with E-state index < -0.39 is 28.3 Å². The largest absolute Gasteiger partial charge is 0.452 e. The summed E-state index contributed by atoms with van der Waals surface area (Å²) in [5.74, 6) is -1.33. The Morgan fingerprint density at radius 3 is 2.54 bits per heavy atom. The Morgan fingerprint density at radius 1 is 1.15 bits per heavy atom. The molecule has 8 heteroatoms. The molecule has 0 spiro atoms. The number of anilines is 1. The SMILES string of the molecule is Cc1cc(NC(=O)COC(=O)c2cccc(CS(C)(=O)=O)c2)ccc1Br. The number of carbonyl (C=O) groups excluding carboxylic acids is 2. The molecule has 2 aromatic carbocycles. The second-order valence-electron chi connectivity index (χ2n) is 5.86. The highest BCUT2D eigenvalue weighted by Crippen LogP contribution is 2.20. The van der Waals surface area contributed by atoms with Crippen LogP contribution in [0.3, 0.4) is 0 Å². The summed E-state index contributed by atoms with van der Waals surface area (Å²) in [5.41, 5.74) is 2.24. The van der Waals surface area contributed by atoms with Crippen molar-refractivity contribution < 1.29 is 22.7 Å². The Bertz CT molecular complexity index is 940. The fourth-order valence-electron chi connectivity index (χ4n) is 2.22. The first-order valence-corrected chi connectivity index (χ1v) is 10.5. The molecular formula is C18H18BrNO5S. The van der Waals surface area contributed by atoms with E-state index in [2.05, 4.69) is 21.2 Å². The van der Waals surface area contributed by atoms with Crippen LogP contribution in [0.2, 0.25) is 0 Å². The van der Waals surface area contributed by atoms with Gasteiger partial charge in [0.2, 0.25) is 0 Å². The molecule has 0 unspecified atom stereocenters. The molecular weight excluding hydrogens is 422 g/mol. The summed E-state index contributed by atoms with van der Waals surface area (Å²) in [7, 11) is -3.21. The zero-order valence-electron chi connectivity index (χ0n) is 14.3. The molecule has 1 amide bonds. The molecule has 0 aliphatic carbocycles. The average Bonchev–Trinajstić information content (AvgIpc) is 2.55. The molecule has 0 aliphatic heterocycles. The van der Waals surface area contributed by atoms with Gasteiger partial charge < -0.3 is 10.1 Å². The quantitative estimate of drug-likeness (QED) is 0.698. The normalized spacial score (nSPS) is 11.0. The molecule has 2 aromatic rings. The van der Waals surface area contributed by atoms with E-state index in [9.17, 15) is 18.0 Å². The van der Waals surface area contributed by atoms with Crippen LogP contribution in [-0.4, -0.2) is 33.2 Å². The Hall–Kier alpha value is -2.19. The first-order valence-electron chi connectivity index (χ1n) is 7.64. The zero-order valence-corrected chi connectivity index (χ0v) is 16.7. The number of sulfone groups is 1. The molecule has 0 heterocycles. The van der Waals surface area contributed by atoms with Gasteiger partial charge in [-0.2, -0.15) is 0 Å². The monoisotopic (exact) mass is 439 g/mol. The van der Waals surface area contributed by atoms with Gasteiger partial charge in [0.25, 0.3) is 5.91 Å². The lowest BCUT2D eigenvalue weighted by molar-refractivity contribution is -0.119. The van der Waals surface area contributed by atoms with E-state index in [-0.39, 0.29) is 11.3 Å². The van der Waals surface area contributed by atoms with Gasteiger partial charge in [-0.15, -0.1) is 0 Å². The number of hydrogen-bond acceptors (Lipinski definition) is 5. The third kappa shape index (κ3) is 6.27. The van der Waals surface area contributed by atoms with Crippen molar-refractivity contribution in [1.82, 2.24) is 0 Å². The van der Waals surface area contributed by atoms with Gasteiger partial charge in [-0.1, -0.05) is 28.1 Å². The first-order chi connectivity index (χ1) is 12.1. The van der Waals surface area contributed by atoms with Crippen LogP contribution in [0.5, 0.6) is 0 Å². The standard InChI is InChI=1S/C18H18BrNO5S/c1-12-8-15(6-7-16(12)19)20-17(21)10-25-18(22)14-5-3-4-13(9-14)11-26(2,23)24/h3-9H,10-11H2,1-2H3,(H,20,21). The minimum absolute atomic E-state index is 0.169. The van der Waals surface area contributed by atoms with Crippen molar-refractivity contribution >= 4 is 43.3 Å². The molecule has 6 nitrogen and oxygen atoms in total. The summed E-state index contributed by atoms with van der Waals surface area (Å²) in [5, 5.41) is 2.64. The smallest absolute Gasteiger partial charge is 0.338 e. The summed E-state index contributed by atoms with van der Waals surface area (Å²) < 4.78 is 28.6. The van der Waals surface area contributed by atoms with E-state index in [0.717, 1.165) is 16.3 Å². The van der Waals surface area contributed by atoms with E-state index in [4.69, 9.17) is 4.74 Å². The zero-order chi connectivity index (χ0) is 19.3. The average molecular weight is 440 g/mol. The summed E-state index contributed by atoms with van der Waals surface area (Å²) in [6.45, 7) is 1.45. The summed E-state index contributed by atoms with van der Waals surface area (Å²) in [4.78, 5) is 24.0. The minimum Gasteiger partial charge on any atom is -0.452 e. The van der Waals surface area contributed by atoms with Gasteiger partial charge in [-0.25, -0.2) is 13.2 Å². The highest BCUT2D eigenvalue weighted by molar-refractivity contribution is 9.10. The van der Waals surface area contributed by atoms with Gasteiger partial charge in [-0.3, -0.25) is 4.79 Å². The third-order valence-corrected chi connectivity index (χ3v) is 5.12. The highest BCUT2D eigenvalue weighted by atomic mass is 79.9. The molecule has 138 valence electrons. The van der Waals surface area contributed by atoms with E-state index in [1.54, 1.807) is 24.3 Å². The Balaban J connectivity index is 1.94. The lowest BCUT2D eigenvalue weighted by Gasteiger charge is -2.08. The van der Waals surface area contributed by atoms with Gasteiger partial charge >= 0.3 is 5.97 Å². The van der Waals surface area contributed by atoms with Gasteiger partial charge in [0.05, 0.1) is 11.3 Å². The van der Waals surface area contributed by atoms with E-state index >= 15 is 0 Å². The van der Waals surface area contributed by atoms with Gasteiger partial charge in [0, 0.05) is 16.4 Å². The topological polar surface area (TPSA) is 89.5 Å². The molecule has 1 N–H and O–H groups in total. The number of amides is 1. The fraction of sp³-hybridized carbons (Fsp3) is 0.222. The molecule has 0 radical (unpaired) electrons. The highest BCUT2D eigenvalue weighted by Gasteiger charge is 2.13. The number of halogens is 1. The van der Waals surface area contributed by atoms with Crippen LogP contribution < -0.4 is 5.32 Å². The molecule has 0 saturated heterocycles. The first kappa shape index (κ1) is 20.1. The number of esters is 1. The van der Waals surface area contributed by atoms with Crippen LogP contribution in [0, 0.1) is 6.92 Å². The molecule has 0 aromatic heterocycles. The molecule has 0 atom stereocenters. The molecule has 0 aliphatic rings. The number of rotatable bonds is 6. The number of nitrogens with one attached hydrogen (secondary N) is 1. The fourth-order valence-corrected chi connectivity index (χ4v) is 3.26. The van der Waals surface area contributed by atoms with Crippen molar-refractivity contribution in [2.45, 2.75) is 12.7 Å². The number of benzene rings is 2. The van der Waals surface area contributed by atoms with E-state index in [1.165, 1.54) is 12.1 Å². The van der Waals surface area contributed by atoms with Crippen LogP contribution in [0.15, 0.2) is 46.9 Å². The lowest BCUT2D eigenvalue weighted by atomic mass is 10.1. The summed E-state index contributed by atoms with van der Waals surface area (Å²) in [6.07, 6.45) is 1.12. The molecule has 2 rings (SSSR count). The lowest BCUT2D eigenvalue weighted by Crippen LogP contribution is -2.21. The maximum atomic E-state index is 12.1. The van der Waals surface area contributed by atoms with Gasteiger partial charge in [0.15, 0.2) is 16.4 Å². The van der Waals surface area contributed by atoms with Crippen LogP contribution in [0.4, 0.5) is 5.69 Å². The summed E-state index contributed by atoms with van der Waals surface area (Å²) in [6, 6.07) is 11.5. The third-order valence-electron chi connectivity index (χ3n) is 3.37. The molecule has 0 fully saturated rings. The second-order valence-corrected chi connectivity index (χ2v) is 8.85. The number of ether oxygens (including phenoxy) is 1. The van der Waals surface area contributed by atoms with Crippen molar-refractivity contribution in [3.8, 4) is 0 Å². The predicted molar refractivity (Wildman–Crippen MR) is 103 cm³/mol. The maximum Gasteiger partial charge on any atom is 0.338 e. The number of hydrogen-bond donors (Lipinski definition) is 1. The van der Waals surface area contributed by atoms with Crippen LogP contribution in [-0.2, 0) is 25.1 Å². The molecule has 0 bridgehead atoms. The maximum absolute atomic E-state index is 12.1. The molecule has 0 saturated carbocycles. The van der Waals surface area contributed by atoms with Crippen molar-refractivity contribution in [3.63, 3.8) is 0 Å². The van der Waals surface area contributed by atoms with Crippen LogP contribution in [0.25, 0.3) is 0 Å². The molecule has 26 heavy (non-hydrogen) atoms.